The van der Waals surface area contributed by atoms with E-state index in [0.717, 1.165) is 0 Å². The van der Waals surface area contributed by atoms with E-state index in [9.17, 15) is 0 Å². The van der Waals surface area contributed by atoms with Crippen LogP contribution in [0.4, 0.5) is 0 Å². The van der Waals surface area contributed by atoms with Gasteiger partial charge in [0.15, 0.2) is 0 Å². The Morgan fingerprint density at radius 1 is 0.833 bits per heavy atom. The Bertz CT molecular complexity index is 527. The second kappa shape index (κ2) is 9.67. The molecule has 133 valence electrons. The topological polar surface area (TPSA) is 0 Å². The molecule has 0 amide bonds. The van der Waals surface area contributed by atoms with E-state index < -0.39 is 26.8 Å². The second-order valence-corrected chi connectivity index (χ2v) is 27.0. The van der Waals surface area contributed by atoms with Gasteiger partial charge in [-0.05, 0) is 0 Å². The third-order valence-corrected chi connectivity index (χ3v) is 24.5. The van der Waals surface area contributed by atoms with E-state index in [2.05, 4.69) is 52.9 Å². The number of rotatable bonds is 9. The number of allylic oxidation sites excluding steroid dienone is 8. The van der Waals surface area contributed by atoms with E-state index in [0.29, 0.717) is 0 Å². The van der Waals surface area contributed by atoms with Gasteiger partial charge in [-0.3, -0.25) is 0 Å². The standard InChI is InChI=1S/2C10H15.C2H7Si.Zr/c2*1-3-4-5-10-7-6-9(2)8-10;1-3-2;/h2*7H,3-5,8H2,1-2H3;3H,1-2H3;. The van der Waals surface area contributed by atoms with Crippen LogP contribution in [0.1, 0.15) is 79.1 Å². The van der Waals surface area contributed by atoms with E-state index in [-0.39, 0.29) is 0 Å². The van der Waals surface area contributed by atoms with Crippen molar-refractivity contribution in [2.75, 3.05) is 0 Å². The average Bonchev–Trinajstić information content (AvgIpc) is 3.07. The zero-order valence-corrected chi connectivity index (χ0v) is 20.5. The summed E-state index contributed by atoms with van der Waals surface area (Å²) in [7, 11) is 0. The first-order valence-electron chi connectivity index (χ1n) is 10.1. The van der Waals surface area contributed by atoms with Gasteiger partial charge in [-0.15, -0.1) is 0 Å². The molecule has 0 aromatic heterocycles. The number of hydrogen-bond acceptors (Lipinski definition) is 0. The fourth-order valence-electron chi connectivity index (χ4n) is 4.14. The van der Waals surface area contributed by atoms with Crippen molar-refractivity contribution in [1.29, 1.82) is 0 Å². The van der Waals surface area contributed by atoms with Gasteiger partial charge in [0.2, 0.25) is 0 Å². The van der Waals surface area contributed by atoms with Gasteiger partial charge >= 0.3 is 160 Å². The zero-order valence-electron chi connectivity index (χ0n) is 16.9. The fraction of sp³-hybridized carbons (Fsp3) is 0.636. The van der Waals surface area contributed by atoms with Crippen molar-refractivity contribution >= 4 is 5.92 Å². The summed E-state index contributed by atoms with van der Waals surface area (Å²) in [5, 5.41) is 0. The molecule has 0 nitrogen and oxygen atoms in total. The molecule has 0 saturated carbocycles. The molecule has 0 aliphatic heterocycles. The monoisotopic (exact) mass is 419 g/mol. The maximum absolute atomic E-state index is 2.69. The van der Waals surface area contributed by atoms with Crippen LogP contribution < -0.4 is 0 Å². The Morgan fingerprint density at radius 3 is 1.58 bits per heavy atom. The van der Waals surface area contributed by atoms with Crippen molar-refractivity contribution in [3.8, 4) is 0 Å². The molecule has 2 rings (SSSR count). The number of unbranched alkanes of at least 4 members (excludes halogenated alkanes) is 2. The van der Waals surface area contributed by atoms with Crippen LogP contribution in [0.15, 0.2) is 41.0 Å². The average molecular weight is 421 g/mol. The summed E-state index contributed by atoms with van der Waals surface area (Å²) in [6.45, 7) is 14.8. The molecule has 0 N–H and O–H groups in total. The van der Waals surface area contributed by atoms with Gasteiger partial charge in [0.05, 0.1) is 0 Å². The van der Waals surface area contributed by atoms with Crippen LogP contribution in [0.25, 0.3) is 0 Å². The molecule has 0 bridgehead atoms. The molecule has 0 radical (unpaired) electrons. The summed E-state index contributed by atoms with van der Waals surface area (Å²) in [4.78, 5) is 0. The van der Waals surface area contributed by atoms with Gasteiger partial charge in [-0.25, -0.2) is 0 Å². The van der Waals surface area contributed by atoms with E-state index in [1.165, 1.54) is 51.4 Å². The van der Waals surface area contributed by atoms with Gasteiger partial charge in [-0.2, -0.15) is 0 Å². The zero-order chi connectivity index (χ0) is 17.7. The summed E-state index contributed by atoms with van der Waals surface area (Å²) in [5.41, 5.74) is 6.96. The molecular formula is C22H37SiZr. The summed E-state index contributed by atoms with van der Waals surface area (Å²) < 4.78 is 3.79. The van der Waals surface area contributed by atoms with Crippen molar-refractivity contribution in [1.82, 2.24) is 0 Å². The Hall–Kier alpha value is 0.0600. The predicted octanol–water partition coefficient (Wildman–Crippen LogP) is 7.18. The molecule has 2 aliphatic rings. The minimum absolute atomic E-state index is 0.586. The first kappa shape index (κ1) is 20.4. The van der Waals surface area contributed by atoms with Crippen LogP contribution in [0.5, 0.6) is 0 Å². The van der Waals surface area contributed by atoms with Crippen LogP contribution in [0.3, 0.4) is 0 Å². The van der Waals surface area contributed by atoms with Gasteiger partial charge < -0.3 is 0 Å². The summed E-state index contributed by atoms with van der Waals surface area (Å²) in [6.07, 6.45) is 16.0. The van der Waals surface area contributed by atoms with E-state index in [4.69, 9.17) is 0 Å². The Labute approximate surface area is 159 Å². The minimum atomic E-state index is -1.62. The molecule has 0 spiro atoms. The molecular weight excluding hydrogens is 384 g/mol. The van der Waals surface area contributed by atoms with Crippen LogP contribution in [0.2, 0.25) is 13.1 Å². The van der Waals surface area contributed by atoms with Crippen LogP contribution in [-0.2, 0) is 20.9 Å². The third-order valence-electron chi connectivity index (χ3n) is 5.46. The van der Waals surface area contributed by atoms with Crippen molar-refractivity contribution < 1.29 is 20.9 Å². The molecule has 2 aliphatic carbocycles. The molecule has 0 aromatic rings. The van der Waals surface area contributed by atoms with E-state index >= 15 is 0 Å². The quantitative estimate of drug-likeness (QED) is 0.347. The molecule has 0 aromatic carbocycles. The van der Waals surface area contributed by atoms with Crippen molar-refractivity contribution in [3.63, 3.8) is 0 Å². The first-order chi connectivity index (χ1) is 11.5. The molecule has 0 atom stereocenters. The van der Waals surface area contributed by atoms with Crippen LogP contribution >= 0.6 is 0 Å². The van der Waals surface area contributed by atoms with Gasteiger partial charge in [0.25, 0.3) is 0 Å². The molecule has 0 fully saturated rings. The summed E-state index contributed by atoms with van der Waals surface area (Å²) in [6, 6.07) is 0. The number of hydrogen-bond donors (Lipinski definition) is 0. The summed E-state index contributed by atoms with van der Waals surface area (Å²) >= 11 is -1.62. The normalized spacial score (nSPS) is 18.0. The molecule has 24 heavy (non-hydrogen) atoms. The fourth-order valence-corrected chi connectivity index (χ4v) is 23.6. The van der Waals surface area contributed by atoms with Gasteiger partial charge in [0.1, 0.15) is 0 Å². The second-order valence-electron chi connectivity index (χ2n) is 8.12. The van der Waals surface area contributed by atoms with E-state index in [1.54, 1.807) is 22.3 Å². The Balaban J connectivity index is 2.24. The van der Waals surface area contributed by atoms with Crippen LogP contribution in [0, 0.1) is 0 Å². The van der Waals surface area contributed by atoms with E-state index in [1.807, 2.05) is 6.56 Å². The Kier molecular flexibility index (Phi) is 8.21. The van der Waals surface area contributed by atoms with Crippen molar-refractivity contribution in [2.24, 2.45) is 0 Å². The first-order valence-corrected chi connectivity index (χ1v) is 19.7. The van der Waals surface area contributed by atoms with Crippen molar-refractivity contribution in [3.05, 3.63) is 41.0 Å². The van der Waals surface area contributed by atoms with Gasteiger partial charge in [-0.1, -0.05) is 0 Å². The maximum atomic E-state index is 2.69. The van der Waals surface area contributed by atoms with Crippen LogP contribution in [-0.4, -0.2) is 5.92 Å². The van der Waals surface area contributed by atoms with Gasteiger partial charge in [0, 0.05) is 0 Å². The molecule has 0 heterocycles. The predicted molar refractivity (Wildman–Crippen MR) is 109 cm³/mol. The SMILES string of the molecule is CCCCC1=C[C]([Zr]([C]2=C(C)CC(CCCC)=C2)[SiH](C)C)=C(C)C1. The molecule has 0 saturated heterocycles. The molecule has 0 unspecified atom stereocenters. The third kappa shape index (κ3) is 5.04. The summed E-state index contributed by atoms with van der Waals surface area (Å²) in [5.74, 6) is -0.586. The Morgan fingerprint density at radius 2 is 1.25 bits per heavy atom. The van der Waals surface area contributed by atoms with Crippen molar-refractivity contribution in [2.45, 2.75) is 92.2 Å². The molecule has 2 heteroatoms.